The van der Waals surface area contributed by atoms with Gasteiger partial charge in [0.15, 0.2) is 5.78 Å². The summed E-state index contributed by atoms with van der Waals surface area (Å²) in [7, 11) is 0. The normalized spacial score (nSPS) is 17.9. The van der Waals surface area contributed by atoms with Gasteiger partial charge in [0.05, 0.1) is 4.88 Å². The van der Waals surface area contributed by atoms with Crippen LogP contribution in [0.15, 0.2) is 12.1 Å². The molecule has 1 heterocycles. The molecule has 0 amide bonds. The van der Waals surface area contributed by atoms with Crippen molar-refractivity contribution in [2.75, 3.05) is 0 Å². The van der Waals surface area contributed by atoms with Gasteiger partial charge in [-0.25, -0.2) is 0 Å². The van der Waals surface area contributed by atoms with E-state index in [1.54, 1.807) is 11.3 Å². The fourth-order valence-electron chi connectivity index (χ4n) is 2.64. The molecule has 0 aromatic carbocycles. The predicted octanol–water partition coefficient (Wildman–Crippen LogP) is 5.20. The molecule has 1 nitrogen and oxygen atoms in total. The van der Waals surface area contributed by atoms with Gasteiger partial charge in [-0.15, -0.1) is 11.3 Å². The van der Waals surface area contributed by atoms with E-state index in [0.29, 0.717) is 11.7 Å². The molecule has 0 N–H and O–H groups in total. The Balaban J connectivity index is 1.98. The largest absolute Gasteiger partial charge is 0.293 e. The third kappa shape index (κ3) is 3.44. The molecule has 18 heavy (non-hydrogen) atoms. The van der Waals surface area contributed by atoms with Crippen LogP contribution in [0.5, 0.6) is 0 Å². The van der Waals surface area contributed by atoms with Gasteiger partial charge in [-0.1, -0.05) is 52.9 Å². The van der Waals surface area contributed by atoms with E-state index in [4.69, 9.17) is 0 Å². The summed E-state index contributed by atoms with van der Waals surface area (Å²) in [5, 5.41) is 0. The Morgan fingerprint density at radius 1 is 1.22 bits per heavy atom. The third-order valence-corrected chi connectivity index (χ3v) is 5.37. The average Bonchev–Trinajstić information content (AvgIpc) is 2.79. The van der Waals surface area contributed by atoms with E-state index in [2.05, 4.69) is 26.8 Å². The average molecular weight is 264 g/mol. The van der Waals surface area contributed by atoms with Crippen LogP contribution in [0.4, 0.5) is 0 Å². The van der Waals surface area contributed by atoms with Crippen molar-refractivity contribution < 1.29 is 4.79 Å². The monoisotopic (exact) mass is 264 g/mol. The highest BCUT2D eigenvalue weighted by atomic mass is 32.1. The second-order valence-corrected chi connectivity index (χ2v) is 7.63. The first-order valence-corrected chi connectivity index (χ1v) is 7.92. The van der Waals surface area contributed by atoms with E-state index >= 15 is 0 Å². The Hall–Kier alpha value is -0.630. The summed E-state index contributed by atoms with van der Waals surface area (Å²) in [6, 6.07) is 4.15. The lowest BCUT2D eigenvalue weighted by Gasteiger charge is -2.20. The summed E-state index contributed by atoms with van der Waals surface area (Å²) in [6.07, 6.45) is 7.26. The lowest BCUT2D eigenvalue weighted by Crippen LogP contribution is -2.11. The summed E-state index contributed by atoms with van der Waals surface area (Å²) in [4.78, 5) is 14.5. The molecule has 2 heteroatoms. The minimum atomic E-state index is 0.161. The molecule has 1 aliphatic carbocycles. The van der Waals surface area contributed by atoms with Crippen molar-refractivity contribution in [3.05, 3.63) is 21.9 Å². The molecule has 0 saturated heterocycles. The van der Waals surface area contributed by atoms with Crippen LogP contribution in [0.25, 0.3) is 0 Å². The number of Topliss-reactive ketones (excluding diaryl/α,β-unsaturated/α-hetero) is 1. The highest BCUT2D eigenvalue weighted by Crippen LogP contribution is 2.32. The molecule has 0 aliphatic heterocycles. The van der Waals surface area contributed by atoms with Gasteiger partial charge in [0.2, 0.25) is 0 Å². The number of hydrogen-bond acceptors (Lipinski definition) is 2. The summed E-state index contributed by atoms with van der Waals surface area (Å²) < 4.78 is 0. The van der Waals surface area contributed by atoms with Crippen molar-refractivity contribution in [1.82, 2.24) is 0 Å². The fraction of sp³-hybridized carbons (Fsp3) is 0.688. The summed E-state index contributed by atoms with van der Waals surface area (Å²) in [5.74, 6) is 1.01. The maximum absolute atomic E-state index is 12.3. The topological polar surface area (TPSA) is 17.1 Å². The summed E-state index contributed by atoms with van der Waals surface area (Å²) in [5.41, 5.74) is 0.161. The highest BCUT2D eigenvalue weighted by Gasteiger charge is 2.21. The van der Waals surface area contributed by atoms with Crippen LogP contribution >= 0.6 is 11.3 Å². The zero-order valence-corrected chi connectivity index (χ0v) is 12.6. The van der Waals surface area contributed by atoms with Crippen molar-refractivity contribution in [2.24, 2.45) is 5.92 Å². The number of ketones is 1. The Labute approximate surface area is 115 Å². The number of carbonyl (C=O) groups is 1. The molecule has 2 rings (SSSR count). The Morgan fingerprint density at radius 2 is 1.89 bits per heavy atom. The molecule has 1 aromatic rings. The maximum Gasteiger partial charge on any atom is 0.173 e. The minimum absolute atomic E-state index is 0.161. The number of rotatable bonds is 3. The number of thiophene rings is 1. The van der Waals surface area contributed by atoms with Gasteiger partial charge in [-0.2, -0.15) is 0 Å². The van der Waals surface area contributed by atoms with Gasteiger partial charge in [-0.3, -0.25) is 4.79 Å². The van der Waals surface area contributed by atoms with Crippen molar-refractivity contribution in [3.63, 3.8) is 0 Å². The Bertz CT molecular complexity index is 405. The van der Waals surface area contributed by atoms with Crippen molar-refractivity contribution >= 4 is 17.1 Å². The number of carbonyl (C=O) groups excluding carboxylic acids is 1. The fourth-order valence-corrected chi connectivity index (χ4v) is 3.66. The Morgan fingerprint density at radius 3 is 2.44 bits per heavy atom. The predicted molar refractivity (Wildman–Crippen MR) is 78.5 cm³/mol. The first kappa shape index (κ1) is 13.8. The summed E-state index contributed by atoms with van der Waals surface area (Å²) in [6.45, 7) is 6.61. The molecule has 1 aliphatic rings. The molecular formula is C16H24OS. The van der Waals surface area contributed by atoms with Gasteiger partial charge >= 0.3 is 0 Å². The van der Waals surface area contributed by atoms with E-state index in [0.717, 1.165) is 11.3 Å². The van der Waals surface area contributed by atoms with Crippen LogP contribution in [0.2, 0.25) is 0 Å². The zero-order valence-electron chi connectivity index (χ0n) is 11.8. The summed E-state index contributed by atoms with van der Waals surface area (Å²) >= 11 is 1.69. The minimum Gasteiger partial charge on any atom is -0.293 e. The molecule has 1 fully saturated rings. The van der Waals surface area contributed by atoms with E-state index in [1.165, 1.54) is 37.0 Å². The molecule has 1 saturated carbocycles. The SMILES string of the molecule is CC(C)(C)c1ccc(C(=O)CC2CCCCC2)s1. The van der Waals surface area contributed by atoms with Crippen molar-refractivity contribution in [1.29, 1.82) is 0 Å². The van der Waals surface area contributed by atoms with E-state index < -0.39 is 0 Å². The van der Waals surface area contributed by atoms with Gasteiger partial charge < -0.3 is 0 Å². The molecular weight excluding hydrogens is 240 g/mol. The van der Waals surface area contributed by atoms with Gasteiger partial charge in [0, 0.05) is 11.3 Å². The second kappa shape index (κ2) is 5.56. The second-order valence-electron chi connectivity index (χ2n) is 6.55. The molecule has 100 valence electrons. The van der Waals surface area contributed by atoms with Crippen LogP contribution in [-0.2, 0) is 5.41 Å². The molecule has 0 unspecified atom stereocenters. The first-order chi connectivity index (χ1) is 8.47. The zero-order chi connectivity index (χ0) is 13.2. The maximum atomic E-state index is 12.3. The first-order valence-electron chi connectivity index (χ1n) is 7.10. The molecule has 0 radical (unpaired) electrons. The van der Waals surface area contributed by atoms with Crippen molar-refractivity contribution in [2.45, 2.75) is 64.7 Å². The third-order valence-electron chi connectivity index (χ3n) is 3.82. The van der Waals surface area contributed by atoms with Crippen LogP contribution < -0.4 is 0 Å². The van der Waals surface area contributed by atoms with Crippen LogP contribution in [0.1, 0.15) is 73.8 Å². The van der Waals surface area contributed by atoms with Gasteiger partial charge in [-0.05, 0) is 23.5 Å². The van der Waals surface area contributed by atoms with Gasteiger partial charge in [0.1, 0.15) is 0 Å². The van der Waals surface area contributed by atoms with Crippen LogP contribution in [0.3, 0.4) is 0 Å². The molecule has 1 aromatic heterocycles. The molecule has 0 bridgehead atoms. The van der Waals surface area contributed by atoms with Gasteiger partial charge in [0.25, 0.3) is 0 Å². The highest BCUT2D eigenvalue weighted by molar-refractivity contribution is 7.14. The lowest BCUT2D eigenvalue weighted by atomic mass is 9.85. The standard InChI is InChI=1S/C16H24OS/c1-16(2,3)15-10-9-14(18-15)13(17)11-12-7-5-4-6-8-12/h9-10,12H,4-8,11H2,1-3H3. The van der Waals surface area contributed by atoms with Crippen molar-refractivity contribution in [3.8, 4) is 0 Å². The molecule has 0 spiro atoms. The van der Waals surface area contributed by atoms with Crippen LogP contribution in [0, 0.1) is 5.92 Å². The lowest BCUT2D eigenvalue weighted by molar-refractivity contribution is 0.0954. The van der Waals surface area contributed by atoms with E-state index in [9.17, 15) is 4.79 Å². The van der Waals surface area contributed by atoms with Crippen LogP contribution in [-0.4, -0.2) is 5.78 Å². The number of hydrogen-bond donors (Lipinski definition) is 0. The smallest absolute Gasteiger partial charge is 0.173 e. The molecule has 0 atom stereocenters. The Kier molecular flexibility index (Phi) is 4.26. The van der Waals surface area contributed by atoms with E-state index in [1.807, 2.05) is 6.07 Å². The quantitative estimate of drug-likeness (QED) is 0.686. The van der Waals surface area contributed by atoms with E-state index in [-0.39, 0.29) is 5.41 Å².